The Morgan fingerprint density at radius 3 is 2.44 bits per heavy atom. The summed E-state index contributed by atoms with van der Waals surface area (Å²) in [5.74, 6) is 0.592. The van der Waals surface area contributed by atoms with Gasteiger partial charge in [-0.15, -0.1) is 0 Å². The summed E-state index contributed by atoms with van der Waals surface area (Å²) in [5.41, 5.74) is 5.13. The first kappa shape index (κ1) is 10.5. The van der Waals surface area contributed by atoms with Crippen LogP contribution in [0, 0.1) is 5.41 Å². The first-order valence-electron chi connectivity index (χ1n) is 6.81. The molecule has 18 heavy (non-hydrogen) atoms. The van der Waals surface area contributed by atoms with Gasteiger partial charge in [0.1, 0.15) is 0 Å². The summed E-state index contributed by atoms with van der Waals surface area (Å²) in [7, 11) is 0. The van der Waals surface area contributed by atoms with Gasteiger partial charge in [0.2, 0.25) is 0 Å². The summed E-state index contributed by atoms with van der Waals surface area (Å²) in [5, 5.41) is 0. The summed E-state index contributed by atoms with van der Waals surface area (Å²) in [6, 6.07) is 8.24. The molecule has 2 heteroatoms. The molecular formula is C16H18N2. The van der Waals surface area contributed by atoms with Crippen LogP contribution in [-0.4, -0.2) is 9.97 Å². The highest BCUT2D eigenvalue weighted by Crippen LogP contribution is 2.66. The summed E-state index contributed by atoms with van der Waals surface area (Å²) in [6.07, 6.45) is 2.52. The van der Waals surface area contributed by atoms with Crippen LogP contribution in [-0.2, 0) is 5.41 Å². The van der Waals surface area contributed by atoms with E-state index in [4.69, 9.17) is 9.97 Å². The van der Waals surface area contributed by atoms with Gasteiger partial charge in [-0.3, -0.25) is 0 Å². The highest BCUT2D eigenvalue weighted by atomic mass is 14.9. The molecule has 0 N–H and O–H groups in total. The Bertz CT molecular complexity index is 659. The lowest BCUT2D eigenvalue weighted by Crippen LogP contribution is -2.31. The number of para-hydroxylation sites is 2. The number of hydrogen-bond acceptors (Lipinski definition) is 2. The molecule has 0 spiro atoms. The van der Waals surface area contributed by atoms with Crippen LogP contribution in [0.1, 0.15) is 50.9 Å². The molecule has 2 atom stereocenters. The van der Waals surface area contributed by atoms with Crippen molar-refractivity contribution in [3.63, 3.8) is 0 Å². The molecule has 2 aliphatic rings. The van der Waals surface area contributed by atoms with Crippen LogP contribution in [0.15, 0.2) is 24.3 Å². The second-order valence-electron chi connectivity index (χ2n) is 6.59. The SMILES string of the molecule is CC1(C)[C@@H]2CC[C@@]1(C)c1nc3ccccc3nc12. The zero-order chi connectivity index (χ0) is 12.5. The van der Waals surface area contributed by atoms with Gasteiger partial charge in [-0.1, -0.05) is 32.9 Å². The molecule has 1 saturated carbocycles. The minimum atomic E-state index is 0.212. The molecule has 2 aromatic rings. The van der Waals surface area contributed by atoms with Crippen LogP contribution >= 0.6 is 0 Å². The highest BCUT2D eigenvalue weighted by Gasteiger charge is 2.61. The number of nitrogens with zero attached hydrogens (tertiary/aromatic N) is 2. The second kappa shape index (κ2) is 2.93. The fourth-order valence-electron chi connectivity index (χ4n) is 4.07. The third-order valence-electron chi connectivity index (χ3n) is 5.68. The van der Waals surface area contributed by atoms with Crippen molar-refractivity contribution in [3.8, 4) is 0 Å². The van der Waals surface area contributed by atoms with Crippen molar-refractivity contribution in [1.82, 2.24) is 9.97 Å². The molecule has 2 nitrogen and oxygen atoms in total. The van der Waals surface area contributed by atoms with Gasteiger partial charge in [-0.25, -0.2) is 9.97 Å². The van der Waals surface area contributed by atoms with Crippen molar-refractivity contribution in [2.75, 3.05) is 0 Å². The lowest BCUT2D eigenvalue weighted by Gasteiger charge is -2.34. The minimum absolute atomic E-state index is 0.212. The van der Waals surface area contributed by atoms with Gasteiger partial charge in [0.05, 0.1) is 22.4 Å². The summed E-state index contributed by atoms with van der Waals surface area (Å²) in [4.78, 5) is 9.86. The van der Waals surface area contributed by atoms with Gasteiger partial charge >= 0.3 is 0 Å². The fourth-order valence-corrected chi connectivity index (χ4v) is 4.07. The van der Waals surface area contributed by atoms with Crippen molar-refractivity contribution in [3.05, 3.63) is 35.7 Å². The van der Waals surface area contributed by atoms with E-state index in [9.17, 15) is 0 Å². The van der Waals surface area contributed by atoms with E-state index in [1.165, 1.54) is 24.2 Å². The smallest absolute Gasteiger partial charge is 0.0890 e. The molecule has 4 rings (SSSR count). The maximum atomic E-state index is 4.94. The zero-order valence-electron chi connectivity index (χ0n) is 11.2. The molecule has 1 aromatic carbocycles. The second-order valence-corrected chi connectivity index (χ2v) is 6.59. The Labute approximate surface area is 107 Å². The van der Waals surface area contributed by atoms with Gasteiger partial charge in [0, 0.05) is 11.3 Å². The molecule has 0 radical (unpaired) electrons. The quantitative estimate of drug-likeness (QED) is 0.697. The van der Waals surface area contributed by atoms with Gasteiger partial charge < -0.3 is 0 Å². The molecule has 0 saturated heterocycles. The molecule has 0 unspecified atom stereocenters. The van der Waals surface area contributed by atoms with Crippen molar-refractivity contribution in [1.29, 1.82) is 0 Å². The summed E-state index contributed by atoms with van der Waals surface area (Å²) < 4.78 is 0. The molecule has 0 amide bonds. The molecule has 0 aliphatic heterocycles. The van der Waals surface area contributed by atoms with Crippen LogP contribution in [0.5, 0.6) is 0 Å². The van der Waals surface area contributed by atoms with Crippen LogP contribution in [0.4, 0.5) is 0 Å². The Morgan fingerprint density at radius 1 is 1.06 bits per heavy atom. The Balaban J connectivity index is 2.08. The maximum Gasteiger partial charge on any atom is 0.0890 e. The Kier molecular flexibility index (Phi) is 1.71. The molecule has 2 bridgehead atoms. The molecule has 2 aliphatic carbocycles. The molecule has 1 fully saturated rings. The van der Waals surface area contributed by atoms with Crippen LogP contribution in [0.25, 0.3) is 11.0 Å². The van der Waals surface area contributed by atoms with Crippen molar-refractivity contribution >= 4 is 11.0 Å². The van der Waals surface area contributed by atoms with Crippen molar-refractivity contribution < 1.29 is 0 Å². The average Bonchev–Trinajstić information content (AvgIpc) is 2.68. The lowest BCUT2D eigenvalue weighted by molar-refractivity contribution is 0.227. The van der Waals surface area contributed by atoms with Crippen LogP contribution in [0.2, 0.25) is 0 Å². The molecule has 92 valence electrons. The van der Waals surface area contributed by atoms with E-state index in [-0.39, 0.29) is 5.41 Å². The molecular weight excluding hydrogens is 220 g/mol. The molecule has 1 heterocycles. The van der Waals surface area contributed by atoms with E-state index in [0.29, 0.717) is 11.3 Å². The largest absolute Gasteiger partial charge is 0.249 e. The van der Waals surface area contributed by atoms with Crippen molar-refractivity contribution in [2.24, 2.45) is 5.41 Å². The standard InChI is InChI=1S/C16H18N2/c1-15(2)10-8-9-16(15,3)14-13(10)17-11-6-4-5-7-12(11)18-14/h4-7,10H,8-9H2,1-3H3/t10-,16+/m1/s1. The Morgan fingerprint density at radius 2 is 1.72 bits per heavy atom. The first-order chi connectivity index (χ1) is 8.54. The number of hydrogen-bond donors (Lipinski definition) is 0. The van der Waals surface area contributed by atoms with Gasteiger partial charge in [-0.2, -0.15) is 0 Å². The van der Waals surface area contributed by atoms with Gasteiger partial charge in [-0.05, 0) is 30.4 Å². The predicted octanol–water partition coefficient (Wildman–Crippen LogP) is 3.80. The average molecular weight is 238 g/mol. The highest BCUT2D eigenvalue weighted by molar-refractivity contribution is 5.75. The fraction of sp³-hybridized carbons (Fsp3) is 0.500. The number of aromatic nitrogens is 2. The summed E-state index contributed by atoms with van der Waals surface area (Å²) in [6.45, 7) is 7.15. The lowest BCUT2D eigenvalue weighted by atomic mass is 9.70. The van der Waals surface area contributed by atoms with E-state index >= 15 is 0 Å². The normalized spacial score (nSPS) is 31.8. The van der Waals surface area contributed by atoms with E-state index in [1.807, 2.05) is 12.1 Å². The third kappa shape index (κ3) is 0.969. The van der Waals surface area contributed by atoms with Crippen LogP contribution in [0.3, 0.4) is 0 Å². The first-order valence-corrected chi connectivity index (χ1v) is 6.81. The summed E-state index contributed by atoms with van der Waals surface area (Å²) >= 11 is 0. The molecule has 1 aromatic heterocycles. The van der Waals surface area contributed by atoms with E-state index in [2.05, 4.69) is 32.9 Å². The topological polar surface area (TPSA) is 25.8 Å². The van der Waals surface area contributed by atoms with E-state index < -0.39 is 0 Å². The monoisotopic (exact) mass is 238 g/mol. The Hall–Kier alpha value is -1.44. The zero-order valence-corrected chi connectivity index (χ0v) is 11.2. The number of fused-ring (bicyclic) bond motifs is 6. The van der Waals surface area contributed by atoms with E-state index in [1.54, 1.807) is 0 Å². The van der Waals surface area contributed by atoms with Crippen LogP contribution < -0.4 is 0 Å². The van der Waals surface area contributed by atoms with Gasteiger partial charge in [0.25, 0.3) is 0 Å². The number of benzene rings is 1. The van der Waals surface area contributed by atoms with Gasteiger partial charge in [0.15, 0.2) is 0 Å². The maximum absolute atomic E-state index is 4.94. The number of rotatable bonds is 0. The third-order valence-corrected chi connectivity index (χ3v) is 5.68. The van der Waals surface area contributed by atoms with E-state index in [0.717, 1.165) is 11.0 Å². The minimum Gasteiger partial charge on any atom is -0.249 e. The van der Waals surface area contributed by atoms with Crippen molar-refractivity contribution in [2.45, 2.75) is 44.9 Å². The predicted molar refractivity (Wildman–Crippen MR) is 72.6 cm³/mol.